The quantitative estimate of drug-likeness (QED) is 0.355. The fourth-order valence-corrected chi connectivity index (χ4v) is 4.34. The predicted molar refractivity (Wildman–Crippen MR) is 136 cm³/mol. The molecule has 3 aromatic carbocycles. The Morgan fingerprint density at radius 1 is 0.722 bits per heavy atom. The zero-order valence-corrected chi connectivity index (χ0v) is 20.1. The molecule has 1 aliphatic rings. The highest BCUT2D eigenvalue weighted by Crippen LogP contribution is 2.32. The first-order chi connectivity index (χ1) is 17.7. The summed E-state index contributed by atoms with van der Waals surface area (Å²) in [5, 5.41) is 10.1. The molecule has 5 atom stereocenters. The minimum absolute atomic E-state index is 0.224. The maximum atomic E-state index is 12.3. The van der Waals surface area contributed by atoms with Gasteiger partial charge in [0, 0.05) is 0 Å². The monoisotopic (exact) mass is 488 g/mol. The molecule has 6 heteroatoms. The molecule has 1 N–H and O–H groups in total. The van der Waals surface area contributed by atoms with E-state index in [0.29, 0.717) is 13.0 Å². The summed E-state index contributed by atoms with van der Waals surface area (Å²) >= 11 is 0. The van der Waals surface area contributed by atoms with Crippen molar-refractivity contribution in [2.45, 2.75) is 56.8 Å². The van der Waals surface area contributed by atoms with Crippen LogP contribution in [0.1, 0.15) is 23.1 Å². The maximum Gasteiger partial charge on any atom is 0.335 e. The average Bonchev–Trinajstić information content (AvgIpc) is 2.92. The molecule has 6 nitrogen and oxygen atoms in total. The van der Waals surface area contributed by atoms with Gasteiger partial charge in [0.1, 0.15) is 18.3 Å². The van der Waals surface area contributed by atoms with Crippen LogP contribution in [0.4, 0.5) is 0 Å². The van der Waals surface area contributed by atoms with Gasteiger partial charge in [-0.1, -0.05) is 97.1 Å². The van der Waals surface area contributed by atoms with E-state index in [-0.39, 0.29) is 13.2 Å². The van der Waals surface area contributed by atoms with E-state index in [9.17, 15) is 9.90 Å². The zero-order chi connectivity index (χ0) is 25.2. The second-order valence-corrected chi connectivity index (χ2v) is 8.74. The van der Waals surface area contributed by atoms with Gasteiger partial charge >= 0.3 is 5.97 Å². The van der Waals surface area contributed by atoms with E-state index in [2.05, 4.69) is 6.58 Å². The number of rotatable bonds is 12. The summed E-state index contributed by atoms with van der Waals surface area (Å²) in [5.74, 6) is -1.10. The number of carboxylic acids is 1. The lowest BCUT2D eigenvalue weighted by Gasteiger charge is -2.45. The fraction of sp³-hybridized carbons (Fsp3) is 0.300. The molecule has 36 heavy (non-hydrogen) atoms. The van der Waals surface area contributed by atoms with Crippen molar-refractivity contribution in [1.82, 2.24) is 0 Å². The molecule has 0 bridgehead atoms. The van der Waals surface area contributed by atoms with Crippen LogP contribution in [0.3, 0.4) is 0 Å². The summed E-state index contributed by atoms with van der Waals surface area (Å²) in [6.07, 6.45) is -1.77. The van der Waals surface area contributed by atoms with Crippen LogP contribution in [-0.2, 0) is 43.6 Å². The van der Waals surface area contributed by atoms with Crippen LogP contribution in [0, 0.1) is 0 Å². The van der Waals surface area contributed by atoms with Gasteiger partial charge in [-0.2, -0.15) is 0 Å². The Kier molecular flexibility index (Phi) is 9.41. The third-order valence-electron chi connectivity index (χ3n) is 6.13. The molecule has 0 amide bonds. The Hall–Kier alpha value is -3.29. The molecule has 1 saturated heterocycles. The van der Waals surface area contributed by atoms with Gasteiger partial charge in [-0.15, -0.1) is 6.58 Å². The van der Waals surface area contributed by atoms with Crippen molar-refractivity contribution in [2.75, 3.05) is 0 Å². The number of carboxylic acid groups (broad SMARTS) is 1. The number of aliphatic carboxylic acids is 1. The minimum atomic E-state index is -1.21. The van der Waals surface area contributed by atoms with Gasteiger partial charge in [0.25, 0.3) is 0 Å². The third kappa shape index (κ3) is 6.89. The first-order valence-corrected chi connectivity index (χ1v) is 12.1. The lowest BCUT2D eigenvalue weighted by Crippen LogP contribution is -2.62. The first-order valence-electron chi connectivity index (χ1n) is 12.1. The Morgan fingerprint density at radius 3 is 1.56 bits per heavy atom. The lowest BCUT2D eigenvalue weighted by atomic mass is 9.92. The smallest absolute Gasteiger partial charge is 0.335 e. The molecule has 1 aliphatic heterocycles. The van der Waals surface area contributed by atoms with E-state index in [4.69, 9.17) is 18.9 Å². The van der Waals surface area contributed by atoms with Crippen molar-refractivity contribution >= 4 is 5.97 Å². The van der Waals surface area contributed by atoms with E-state index in [1.165, 1.54) is 0 Å². The Bertz CT molecular complexity index is 1070. The van der Waals surface area contributed by atoms with Crippen LogP contribution in [0.25, 0.3) is 0 Å². The van der Waals surface area contributed by atoms with Gasteiger partial charge in [-0.05, 0) is 23.1 Å². The molecule has 4 rings (SSSR count). The molecule has 188 valence electrons. The molecule has 3 aromatic rings. The zero-order valence-electron chi connectivity index (χ0n) is 20.1. The topological polar surface area (TPSA) is 74.2 Å². The minimum Gasteiger partial charge on any atom is -0.479 e. The molecule has 0 aliphatic carbocycles. The maximum absolute atomic E-state index is 12.3. The van der Waals surface area contributed by atoms with Gasteiger partial charge in [0.15, 0.2) is 6.10 Å². The Labute approximate surface area is 212 Å². The number of hydrogen-bond acceptors (Lipinski definition) is 5. The van der Waals surface area contributed by atoms with Crippen molar-refractivity contribution in [3.05, 3.63) is 120 Å². The standard InChI is InChI=1S/C30H32O6/c1-2-12-25-26(33-19-22-13-6-3-7-14-22)27(34-20-23-15-8-4-9-16-23)28(29(36-25)30(31)32)35-21-24-17-10-5-11-18-24/h2-11,13-18,25-29H,1,12,19-21H2,(H,31,32)/t25-,26-,27+,28-,29-/m0/s1. The number of carbonyl (C=O) groups is 1. The van der Waals surface area contributed by atoms with Gasteiger partial charge in [0.05, 0.1) is 25.9 Å². The second-order valence-electron chi connectivity index (χ2n) is 8.74. The predicted octanol–water partition coefficient (Wildman–Crippen LogP) is 5.17. The van der Waals surface area contributed by atoms with Crippen LogP contribution in [0.5, 0.6) is 0 Å². The summed E-state index contributed by atoms with van der Waals surface area (Å²) in [6, 6.07) is 29.2. The highest BCUT2D eigenvalue weighted by atomic mass is 16.6. The summed E-state index contributed by atoms with van der Waals surface area (Å²) in [4.78, 5) is 12.3. The van der Waals surface area contributed by atoms with Crippen LogP contribution in [0.2, 0.25) is 0 Å². The molecule has 0 radical (unpaired) electrons. The third-order valence-corrected chi connectivity index (χ3v) is 6.13. The van der Waals surface area contributed by atoms with Crippen LogP contribution in [-0.4, -0.2) is 41.6 Å². The van der Waals surface area contributed by atoms with Gasteiger partial charge < -0.3 is 24.1 Å². The van der Waals surface area contributed by atoms with Crippen LogP contribution < -0.4 is 0 Å². The second kappa shape index (κ2) is 13.1. The normalized spacial score (nSPS) is 23.7. The van der Waals surface area contributed by atoms with Crippen molar-refractivity contribution in [2.24, 2.45) is 0 Å². The van der Waals surface area contributed by atoms with E-state index >= 15 is 0 Å². The lowest BCUT2D eigenvalue weighted by molar-refractivity contribution is -0.263. The van der Waals surface area contributed by atoms with Gasteiger partial charge in [-0.25, -0.2) is 4.79 Å². The summed E-state index contributed by atoms with van der Waals surface area (Å²) < 4.78 is 25.1. The molecular formula is C30H32O6. The molecule has 1 fully saturated rings. The van der Waals surface area contributed by atoms with Gasteiger partial charge in [0.2, 0.25) is 0 Å². The first kappa shape index (κ1) is 25.8. The fourth-order valence-electron chi connectivity index (χ4n) is 4.34. The molecule has 0 spiro atoms. The van der Waals surface area contributed by atoms with E-state index in [0.717, 1.165) is 16.7 Å². The van der Waals surface area contributed by atoms with Gasteiger partial charge in [-0.3, -0.25) is 0 Å². The molecule has 0 aromatic heterocycles. The van der Waals surface area contributed by atoms with E-state index < -0.39 is 36.5 Å². The van der Waals surface area contributed by atoms with Crippen LogP contribution in [0.15, 0.2) is 104 Å². The molecule has 1 heterocycles. The summed E-state index contributed by atoms with van der Waals surface area (Å²) in [5.41, 5.74) is 2.90. The highest BCUT2D eigenvalue weighted by molar-refractivity contribution is 5.73. The van der Waals surface area contributed by atoms with Crippen LogP contribution >= 0.6 is 0 Å². The van der Waals surface area contributed by atoms with Crippen molar-refractivity contribution in [1.29, 1.82) is 0 Å². The number of hydrogen-bond donors (Lipinski definition) is 1. The summed E-state index contributed by atoms with van der Waals surface area (Å²) in [6.45, 7) is 4.68. The number of ether oxygens (including phenoxy) is 4. The average molecular weight is 489 g/mol. The molecular weight excluding hydrogens is 456 g/mol. The Balaban J connectivity index is 1.62. The van der Waals surface area contributed by atoms with E-state index in [1.807, 2.05) is 91.0 Å². The summed E-state index contributed by atoms with van der Waals surface area (Å²) in [7, 11) is 0. The largest absolute Gasteiger partial charge is 0.479 e. The van der Waals surface area contributed by atoms with Crippen molar-refractivity contribution in [3.63, 3.8) is 0 Å². The number of benzene rings is 3. The highest BCUT2D eigenvalue weighted by Gasteiger charge is 2.50. The van der Waals surface area contributed by atoms with E-state index in [1.54, 1.807) is 6.08 Å². The SMILES string of the molecule is C=CC[C@@H]1O[C@H](C(=O)O)[C@@H](OCc2ccccc2)[C@H](OCc2ccccc2)[C@H]1OCc1ccccc1. The molecule has 0 saturated carbocycles. The Morgan fingerprint density at radius 2 is 1.14 bits per heavy atom. The molecule has 0 unspecified atom stereocenters. The van der Waals surface area contributed by atoms with Crippen molar-refractivity contribution in [3.8, 4) is 0 Å². The van der Waals surface area contributed by atoms with Crippen molar-refractivity contribution < 1.29 is 28.8 Å².